The summed E-state index contributed by atoms with van der Waals surface area (Å²) in [6, 6.07) is 7.76. The van der Waals surface area contributed by atoms with Gasteiger partial charge in [0.2, 0.25) is 0 Å². The molecule has 1 aromatic rings. The third-order valence-electron chi connectivity index (χ3n) is 8.05. The lowest BCUT2D eigenvalue weighted by Gasteiger charge is -2.37. The number of hydrogen-bond acceptors (Lipinski definition) is 1. The normalized spacial score (nSPS) is 27.8. The second-order valence-electron chi connectivity index (χ2n) is 10.4. The van der Waals surface area contributed by atoms with E-state index >= 15 is 0 Å². The molecule has 1 saturated carbocycles. The average Bonchev–Trinajstić information content (AvgIpc) is 2.77. The standard InChI is InChI=1S/C27H44F2OSi/c1-4-6-7-15-31-16-13-23(14-17-31)21-9-11-22(12-10-21)24-18-25(28)27(26(29)19-24)30-20(3)8-5-2/h18-23,31H,4-17H2,1-3H3/t20-,21-,22-,23?,31?/m1/s1. The number of unbranched alkanes of at least 4 members (excludes halogenated alkanes) is 2. The molecule has 0 bridgehead atoms. The lowest BCUT2D eigenvalue weighted by molar-refractivity contribution is 0.190. The van der Waals surface area contributed by atoms with Gasteiger partial charge in [0.1, 0.15) is 0 Å². The lowest BCUT2D eigenvalue weighted by atomic mass is 9.72. The minimum atomic E-state index is -0.536. The predicted octanol–water partition coefficient (Wildman–Crippen LogP) is 8.63. The van der Waals surface area contributed by atoms with Gasteiger partial charge in [0, 0.05) is 8.80 Å². The SMILES string of the molecule is CCCCC[SiH]1CCC([C@H]2CC[C@H](c3cc(F)c(O[C@H](C)CCC)c(F)c3)CC2)CC1. The van der Waals surface area contributed by atoms with Crippen molar-refractivity contribution in [2.45, 2.75) is 122 Å². The van der Waals surface area contributed by atoms with Gasteiger partial charge in [-0.3, -0.25) is 0 Å². The van der Waals surface area contributed by atoms with Crippen LogP contribution in [0.4, 0.5) is 8.78 Å². The molecule has 0 spiro atoms. The molecule has 31 heavy (non-hydrogen) atoms. The van der Waals surface area contributed by atoms with Crippen LogP contribution in [0.15, 0.2) is 12.1 Å². The van der Waals surface area contributed by atoms with Gasteiger partial charge in [0.05, 0.1) is 6.10 Å². The minimum Gasteiger partial charge on any atom is -0.485 e. The van der Waals surface area contributed by atoms with Gasteiger partial charge in [-0.2, -0.15) is 0 Å². The molecule has 2 fully saturated rings. The Balaban J connectivity index is 1.48. The van der Waals surface area contributed by atoms with Gasteiger partial charge in [-0.05, 0) is 74.5 Å². The van der Waals surface area contributed by atoms with E-state index in [2.05, 4.69) is 6.92 Å². The first-order valence-corrected chi connectivity index (χ1v) is 15.6. The Morgan fingerprint density at radius 3 is 2.10 bits per heavy atom. The molecule has 0 radical (unpaired) electrons. The molecule has 1 saturated heterocycles. The summed E-state index contributed by atoms with van der Waals surface area (Å²) >= 11 is 0. The molecule has 1 atom stereocenters. The maximum absolute atomic E-state index is 14.6. The van der Waals surface area contributed by atoms with Crippen LogP contribution in [0.5, 0.6) is 5.75 Å². The molecule has 0 aromatic heterocycles. The molecule has 1 aromatic carbocycles. The molecule has 4 heteroatoms. The van der Waals surface area contributed by atoms with Crippen LogP contribution >= 0.6 is 0 Å². The fourth-order valence-electron chi connectivity index (χ4n) is 6.15. The van der Waals surface area contributed by atoms with E-state index in [1.54, 1.807) is 18.1 Å². The summed E-state index contributed by atoms with van der Waals surface area (Å²) in [6.45, 7) is 6.22. The number of benzene rings is 1. The molecule has 1 aliphatic heterocycles. The van der Waals surface area contributed by atoms with E-state index in [1.807, 2.05) is 13.8 Å². The van der Waals surface area contributed by atoms with Crippen molar-refractivity contribution in [1.82, 2.24) is 0 Å². The molecule has 3 rings (SSSR count). The highest BCUT2D eigenvalue weighted by Gasteiger charge is 2.32. The lowest BCUT2D eigenvalue weighted by Crippen LogP contribution is -2.28. The summed E-state index contributed by atoms with van der Waals surface area (Å²) in [7, 11) is -0.439. The second-order valence-corrected chi connectivity index (χ2v) is 13.9. The van der Waals surface area contributed by atoms with Crippen molar-refractivity contribution >= 4 is 8.80 Å². The maximum atomic E-state index is 14.6. The van der Waals surface area contributed by atoms with Gasteiger partial charge in [0.15, 0.2) is 17.4 Å². The number of ether oxygens (including phenoxy) is 1. The second kappa shape index (κ2) is 12.4. The third kappa shape index (κ3) is 7.04. The fourth-order valence-corrected chi connectivity index (χ4v) is 9.68. The van der Waals surface area contributed by atoms with E-state index in [0.29, 0.717) is 5.92 Å². The Morgan fingerprint density at radius 2 is 1.52 bits per heavy atom. The molecule has 176 valence electrons. The van der Waals surface area contributed by atoms with E-state index in [4.69, 9.17) is 4.74 Å². The van der Waals surface area contributed by atoms with Crippen LogP contribution in [0.25, 0.3) is 0 Å². The Morgan fingerprint density at radius 1 is 0.903 bits per heavy atom. The van der Waals surface area contributed by atoms with Crippen LogP contribution in [0.2, 0.25) is 18.1 Å². The van der Waals surface area contributed by atoms with Crippen molar-refractivity contribution in [2.24, 2.45) is 11.8 Å². The highest BCUT2D eigenvalue weighted by Crippen LogP contribution is 2.44. The predicted molar refractivity (Wildman–Crippen MR) is 130 cm³/mol. The largest absolute Gasteiger partial charge is 0.485 e. The maximum Gasteiger partial charge on any atom is 0.191 e. The molecule has 0 N–H and O–H groups in total. The molecule has 0 amide bonds. The van der Waals surface area contributed by atoms with Crippen LogP contribution in [-0.2, 0) is 0 Å². The van der Waals surface area contributed by atoms with Crippen LogP contribution in [-0.4, -0.2) is 14.9 Å². The van der Waals surface area contributed by atoms with Crippen molar-refractivity contribution in [1.29, 1.82) is 0 Å². The fraction of sp³-hybridized carbons (Fsp3) is 0.778. The smallest absolute Gasteiger partial charge is 0.191 e. The average molecular weight is 451 g/mol. The Kier molecular flexibility index (Phi) is 9.87. The number of rotatable bonds is 10. The van der Waals surface area contributed by atoms with Gasteiger partial charge < -0.3 is 4.74 Å². The highest BCUT2D eigenvalue weighted by atomic mass is 28.3. The Hall–Kier alpha value is -0.903. The summed E-state index contributed by atoms with van der Waals surface area (Å²) in [6.07, 6.45) is 13.3. The topological polar surface area (TPSA) is 9.23 Å². The molecule has 1 nitrogen and oxygen atoms in total. The number of halogens is 2. The van der Waals surface area contributed by atoms with Crippen LogP contribution in [0, 0.1) is 23.5 Å². The van der Waals surface area contributed by atoms with E-state index in [-0.39, 0.29) is 11.9 Å². The van der Waals surface area contributed by atoms with Gasteiger partial charge in [-0.15, -0.1) is 0 Å². The first-order valence-electron chi connectivity index (χ1n) is 13.2. The van der Waals surface area contributed by atoms with E-state index < -0.39 is 20.4 Å². The van der Waals surface area contributed by atoms with Gasteiger partial charge in [-0.1, -0.05) is 70.5 Å². The quantitative estimate of drug-likeness (QED) is 0.256. The zero-order chi connectivity index (χ0) is 22.2. The minimum absolute atomic E-state index is 0.167. The van der Waals surface area contributed by atoms with E-state index in [1.165, 1.54) is 57.1 Å². The highest BCUT2D eigenvalue weighted by molar-refractivity contribution is 6.58. The monoisotopic (exact) mass is 450 g/mol. The molecule has 0 unspecified atom stereocenters. The zero-order valence-electron chi connectivity index (χ0n) is 20.1. The summed E-state index contributed by atoms with van der Waals surface area (Å²) in [5.41, 5.74) is 0.830. The molecular formula is C27H44F2OSi. The summed E-state index contributed by atoms with van der Waals surface area (Å²) in [4.78, 5) is 0. The van der Waals surface area contributed by atoms with Crippen molar-refractivity contribution in [3.05, 3.63) is 29.3 Å². The van der Waals surface area contributed by atoms with Crippen LogP contribution in [0.1, 0.15) is 103 Å². The summed E-state index contributed by atoms with van der Waals surface area (Å²) in [5, 5.41) is 0. The molecule has 1 aliphatic carbocycles. The van der Waals surface area contributed by atoms with Crippen molar-refractivity contribution in [3.63, 3.8) is 0 Å². The van der Waals surface area contributed by atoms with E-state index in [0.717, 1.165) is 43.1 Å². The third-order valence-corrected chi connectivity index (χ3v) is 11.6. The Bertz CT molecular complexity index is 640. The van der Waals surface area contributed by atoms with E-state index in [9.17, 15) is 8.78 Å². The van der Waals surface area contributed by atoms with Crippen molar-refractivity contribution < 1.29 is 13.5 Å². The molecule has 2 aliphatic rings. The first kappa shape index (κ1) is 24.7. The van der Waals surface area contributed by atoms with Gasteiger partial charge in [-0.25, -0.2) is 8.78 Å². The van der Waals surface area contributed by atoms with Crippen molar-refractivity contribution in [2.75, 3.05) is 0 Å². The zero-order valence-corrected chi connectivity index (χ0v) is 21.3. The summed E-state index contributed by atoms with van der Waals surface area (Å²) in [5.74, 6) is 0.785. The van der Waals surface area contributed by atoms with Crippen LogP contribution in [0.3, 0.4) is 0 Å². The van der Waals surface area contributed by atoms with Crippen LogP contribution < -0.4 is 4.74 Å². The Labute approximate surface area is 191 Å². The molecule has 1 heterocycles. The van der Waals surface area contributed by atoms with Crippen molar-refractivity contribution in [3.8, 4) is 5.75 Å². The van der Waals surface area contributed by atoms with Gasteiger partial charge in [0.25, 0.3) is 0 Å². The summed E-state index contributed by atoms with van der Waals surface area (Å²) < 4.78 is 34.8. The first-order chi connectivity index (χ1) is 15.0. The van der Waals surface area contributed by atoms with Gasteiger partial charge >= 0.3 is 0 Å². The number of hydrogen-bond donors (Lipinski definition) is 0. The molecular weight excluding hydrogens is 406 g/mol.